The number of anilines is 1. The molecule has 2 aromatic carbocycles. The van der Waals surface area contributed by atoms with Crippen LogP contribution < -0.4 is 14.3 Å². The Kier molecular flexibility index (Phi) is 4.59. The van der Waals surface area contributed by atoms with Gasteiger partial charge in [0.1, 0.15) is 0 Å². The highest BCUT2D eigenvalue weighted by molar-refractivity contribution is 7.60. The fraction of sp³-hybridized carbons (Fsp3) is 0.250. The van der Waals surface area contributed by atoms with E-state index >= 15 is 0 Å². The average Bonchev–Trinajstić information content (AvgIpc) is 2.43. The summed E-state index contributed by atoms with van der Waals surface area (Å²) in [6, 6.07) is 13.1. The lowest BCUT2D eigenvalue weighted by atomic mass is 10.1. The highest BCUT2D eigenvalue weighted by atomic mass is 31.2. The van der Waals surface area contributed by atoms with Crippen molar-refractivity contribution in [2.24, 2.45) is 0 Å². The zero-order chi connectivity index (χ0) is 15.5. The molecule has 0 aliphatic heterocycles. The Morgan fingerprint density at radius 2 is 1.52 bits per heavy atom. The van der Waals surface area contributed by atoms with Crippen molar-refractivity contribution in [2.75, 3.05) is 18.9 Å². The fourth-order valence-electron chi connectivity index (χ4n) is 2.10. The van der Waals surface area contributed by atoms with Gasteiger partial charge in [-0.05, 0) is 37.1 Å². The number of aryl methyl sites for hydroxylation is 2. The molecule has 2 rings (SSSR count). The third-order valence-electron chi connectivity index (χ3n) is 3.14. The third-order valence-corrected chi connectivity index (χ3v) is 4.31. The molecule has 0 fully saturated rings. The first-order valence-electron chi connectivity index (χ1n) is 6.67. The molecule has 0 heterocycles. The first-order chi connectivity index (χ1) is 9.93. The van der Waals surface area contributed by atoms with E-state index in [1.807, 2.05) is 44.2 Å². The van der Waals surface area contributed by atoms with Crippen LogP contribution in [0.5, 0.6) is 11.5 Å². The largest absolute Gasteiger partial charge is 0.493 e. The zero-order valence-electron chi connectivity index (χ0n) is 12.7. The molecular formula is C16H20NO3P. The summed E-state index contributed by atoms with van der Waals surface area (Å²) >= 11 is 0. The van der Waals surface area contributed by atoms with Crippen LogP contribution in [0.3, 0.4) is 0 Å². The minimum absolute atomic E-state index is 0.463. The molecule has 0 aliphatic rings. The summed E-state index contributed by atoms with van der Waals surface area (Å²) in [5, 5.41) is 3.03. The molecule has 112 valence electrons. The van der Waals surface area contributed by atoms with Crippen molar-refractivity contribution < 1.29 is 13.8 Å². The normalized spacial score (nSPS) is 13.3. The van der Waals surface area contributed by atoms with Crippen LogP contribution in [-0.4, -0.2) is 13.8 Å². The number of nitrogens with one attached hydrogen (secondary N) is 1. The molecule has 2 aromatic rings. The van der Waals surface area contributed by atoms with Crippen molar-refractivity contribution in [3.63, 3.8) is 0 Å². The van der Waals surface area contributed by atoms with Crippen LogP contribution in [0.25, 0.3) is 0 Å². The summed E-state index contributed by atoms with van der Waals surface area (Å²) in [7, 11) is -1.50. The Bertz CT molecular complexity index is 665. The van der Waals surface area contributed by atoms with Crippen LogP contribution in [0.2, 0.25) is 0 Å². The van der Waals surface area contributed by atoms with Crippen LogP contribution in [0.4, 0.5) is 5.69 Å². The molecule has 0 saturated carbocycles. The predicted molar refractivity (Wildman–Crippen MR) is 86.7 cm³/mol. The molecule has 5 heteroatoms. The van der Waals surface area contributed by atoms with Crippen molar-refractivity contribution in [3.05, 3.63) is 53.6 Å². The van der Waals surface area contributed by atoms with E-state index < -0.39 is 7.52 Å². The Morgan fingerprint density at radius 1 is 0.952 bits per heavy atom. The van der Waals surface area contributed by atoms with Gasteiger partial charge in [0.25, 0.3) is 0 Å². The minimum atomic E-state index is -3.06. The van der Waals surface area contributed by atoms with E-state index in [2.05, 4.69) is 5.09 Å². The van der Waals surface area contributed by atoms with Crippen LogP contribution in [0, 0.1) is 13.8 Å². The molecule has 0 saturated heterocycles. The maximum atomic E-state index is 12.7. The van der Waals surface area contributed by atoms with Gasteiger partial charge in [0.2, 0.25) is 0 Å². The SMILES string of the molecule is COc1ccccc1O[P@](C)(=O)Nc1c(C)cccc1C. The standard InChI is InChI=1S/C16H20NO3P/c1-12-8-7-9-13(2)16(12)17-21(4,18)20-15-11-6-5-10-14(15)19-3/h5-11H,1-4H3,(H,17,18)/t21-/m0/s1. The van der Waals surface area contributed by atoms with Gasteiger partial charge >= 0.3 is 7.52 Å². The molecule has 0 aliphatic carbocycles. The van der Waals surface area contributed by atoms with E-state index in [1.165, 1.54) is 0 Å². The average molecular weight is 305 g/mol. The van der Waals surface area contributed by atoms with E-state index in [0.29, 0.717) is 11.5 Å². The van der Waals surface area contributed by atoms with E-state index in [-0.39, 0.29) is 0 Å². The van der Waals surface area contributed by atoms with Gasteiger partial charge < -0.3 is 14.3 Å². The smallest absolute Gasteiger partial charge is 0.338 e. The lowest BCUT2D eigenvalue weighted by molar-refractivity contribution is 0.391. The van der Waals surface area contributed by atoms with Crippen molar-refractivity contribution in [1.29, 1.82) is 0 Å². The Balaban J connectivity index is 2.25. The fourth-order valence-corrected chi connectivity index (χ4v) is 3.43. The number of ether oxygens (including phenoxy) is 1. The third kappa shape index (κ3) is 3.79. The van der Waals surface area contributed by atoms with E-state index in [9.17, 15) is 4.57 Å². The molecule has 1 atom stereocenters. The summed E-state index contributed by atoms with van der Waals surface area (Å²) in [6.45, 7) is 5.50. The topological polar surface area (TPSA) is 47.6 Å². The highest BCUT2D eigenvalue weighted by Crippen LogP contribution is 2.47. The summed E-state index contributed by atoms with van der Waals surface area (Å²) in [4.78, 5) is 0. The maximum Gasteiger partial charge on any atom is 0.338 e. The first kappa shape index (κ1) is 15.5. The summed E-state index contributed by atoms with van der Waals surface area (Å²) < 4.78 is 23.6. The second-order valence-electron chi connectivity index (χ2n) is 4.97. The summed E-state index contributed by atoms with van der Waals surface area (Å²) in [6.07, 6.45) is 0. The number of para-hydroxylation sites is 3. The van der Waals surface area contributed by atoms with Crippen LogP contribution in [0.15, 0.2) is 42.5 Å². The van der Waals surface area contributed by atoms with Gasteiger partial charge in [-0.25, -0.2) is 0 Å². The van der Waals surface area contributed by atoms with Crippen LogP contribution in [0.1, 0.15) is 11.1 Å². The molecule has 1 N–H and O–H groups in total. The number of hydrogen-bond donors (Lipinski definition) is 1. The van der Waals surface area contributed by atoms with Gasteiger partial charge in [0, 0.05) is 12.4 Å². The molecule has 0 radical (unpaired) electrons. The van der Waals surface area contributed by atoms with Crippen molar-refractivity contribution in [1.82, 2.24) is 0 Å². The first-order valence-corrected chi connectivity index (χ1v) is 8.75. The van der Waals surface area contributed by atoms with Gasteiger partial charge in [-0.2, -0.15) is 0 Å². The van der Waals surface area contributed by atoms with Gasteiger partial charge in [-0.1, -0.05) is 30.3 Å². The highest BCUT2D eigenvalue weighted by Gasteiger charge is 2.21. The maximum absolute atomic E-state index is 12.7. The second kappa shape index (κ2) is 6.23. The lowest BCUT2D eigenvalue weighted by Crippen LogP contribution is -2.05. The van der Waals surface area contributed by atoms with Crippen molar-refractivity contribution in [2.45, 2.75) is 13.8 Å². The van der Waals surface area contributed by atoms with E-state index in [1.54, 1.807) is 25.9 Å². The van der Waals surface area contributed by atoms with E-state index in [0.717, 1.165) is 16.8 Å². The molecule has 0 unspecified atom stereocenters. The number of methoxy groups -OCH3 is 1. The van der Waals surface area contributed by atoms with Gasteiger partial charge in [0.15, 0.2) is 11.5 Å². The second-order valence-corrected chi connectivity index (χ2v) is 7.06. The van der Waals surface area contributed by atoms with Gasteiger partial charge in [-0.15, -0.1) is 0 Å². The predicted octanol–water partition coefficient (Wildman–Crippen LogP) is 4.63. The Morgan fingerprint density at radius 3 is 2.10 bits per heavy atom. The number of benzene rings is 2. The van der Waals surface area contributed by atoms with Gasteiger partial charge in [-0.3, -0.25) is 4.57 Å². The lowest BCUT2D eigenvalue weighted by Gasteiger charge is -2.21. The molecule has 0 bridgehead atoms. The van der Waals surface area contributed by atoms with Crippen LogP contribution in [-0.2, 0) is 4.57 Å². The van der Waals surface area contributed by atoms with Gasteiger partial charge in [0.05, 0.1) is 7.11 Å². The summed E-state index contributed by atoms with van der Waals surface area (Å²) in [5.74, 6) is 1.02. The molecule has 0 amide bonds. The molecule has 21 heavy (non-hydrogen) atoms. The monoisotopic (exact) mass is 305 g/mol. The Hall–Kier alpha value is -1.93. The summed E-state index contributed by atoms with van der Waals surface area (Å²) in [5.41, 5.74) is 2.90. The van der Waals surface area contributed by atoms with E-state index in [4.69, 9.17) is 9.26 Å². The van der Waals surface area contributed by atoms with Crippen molar-refractivity contribution >= 4 is 13.2 Å². The quantitative estimate of drug-likeness (QED) is 0.818. The molecular weight excluding hydrogens is 285 g/mol. The number of hydrogen-bond acceptors (Lipinski definition) is 3. The zero-order valence-corrected chi connectivity index (χ0v) is 13.6. The molecule has 0 spiro atoms. The minimum Gasteiger partial charge on any atom is -0.493 e. The number of rotatable bonds is 5. The molecule has 4 nitrogen and oxygen atoms in total. The Labute approximate surface area is 125 Å². The molecule has 0 aromatic heterocycles. The van der Waals surface area contributed by atoms with Crippen molar-refractivity contribution in [3.8, 4) is 11.5 Å². The van der Waals surface area contributed by atoms with Crippen LogP contribution >= 0.6 is 7.52 Å².